The standard InChI is InChI=1S/C11H22BN2O3/c13-5-2-6-17-10-4-1-3-8(9(15)7-14)11(10)12-16/h1,4,8-11,15-16H,2-3,5-7,13-14H2/t8-,9?,10-,11?/m1/s1. The molecule has 1 aliphatic rings. The van der Waals surface area contributed by atoms with Gasteiger partial charge in [-0.3, -0.25) is 0 Å². The van der Waals surface area contributed by atoms with E-state index in [0.717, 1.165) is 13.9 Å². The van der Waals surface area contributed by atoms with E-state index in [1.54, 1.807) is 0 Å². The zero-order chi connectivity index (χ0) is 12.7. The summed E-state index contributed by atoms with van der Waals surface area (Å²) in [6.07, 6.45) is 4.56. The maximum Gasteiger partial charge on any atom is 0.294 e. The third-order valence-electron chi connectivity index (χ3n) is 3.17. The number of hydrogen-bond donors (Lipinski definition) is 4. The Morgan fingerprint density at radius 3 is 2.82 bits per heavy atom. The summed E-state index contributed by atoms with van der Waals surface area (Å²) in [5.74, 6) is -0.297. The quantitative estimate of drug-likeness (QED) is 0.260. The summed E-state index contributed by atoms with van der Waals surface area (Å²) in [5.41, 5.74) is 10.9. The first kappa shape index (κ1) is 14.7. The number of ether oxygens (including phenoxy) is 1. The van der Waals surface area contributed by atoms with E-state index in [9.17, 15) is 10.1 Å². The van der Waals surface area contributed by atoms with Crippen LogP contribution in [0.25, 0.3) is 0 Å². The molecule has 0 saturated heterocycles. The molecule has 0 aliphatic heterocycles. The van der Waals surface area contributed by atoms with Gasteiger partial charge in [-0.05, 0) is 31.1 Å². The van der Waals surface area contributed by atoms with Crippen LogP contribution in [0.5, 0.6) is 0 Å². The third-order valence-corrected chi connectivity index (χ3v) is 3.17. The molecule has 6 heteroatoms. The van der Waals surface area contributed by atoms with Crippen LogP contribution >= 0.6 is 0 Å². The second-order valence-electron chi connectivity index (χ2n) is 4.33. The monoisotopic (exact) mass is 241 g/mol. The van der Waals surface area contributed by atoms with Gasteiger partial charge >= 0.3 is 0 Å². The average Bonchev–Trinajstić information content (AvgIpc) is 2.37. The van der Waals surface area contributed by atoms with Crippen LogP contribution in [-0.4, -0.2) is 49.5 Å². The molecule has 2 unspecified atom stereocenters. The van der Waals surface area contributed by atoms with Gasteiger partial charge in [-0.25, -0.2) is 0 Å². The molecular weight excluding hydrogens is 219 g/mol. The largest absolute Gasteiger partial charge is 0.454 e. The number of aliphatic hydroxyl groups excluding tert-OH is 1. The van der Waals surface area contributed by atoms with Crippen molar-refractivity contribution in [3.8, 4) is 0 Å². The molecule has 0 heterocycles. The van der Waals surface area contributed by atoms with Gasteiger partial charge in [0.25, 0.3) is 7.48 Å². The third kappa shape index (κ3) is 4.08. The second-order valence-corrected chi connectivity index (χ2v) is 4.33. The molecule has 97 valence electrons. The average molecular weight is 241 g/mol. The molecule has 1 radical (unpaired) electrons. The SMILES string of the molecule is NCCCO[C@@H]1C=CC[C@H](C(O)CN)C1[B]O. The highest BCUT2D eigenvalue weighted by Crippen LogP contribution is 2.34. The molecule has 0 aromatic heterocycles. The van der Waals surface area contributed by atoms with E-state index in [2.05, 4.69) is 0 Å². The highest BCUT2D eigenvalue weighted by Gasteiger charge is 2.35. The fraction of sp³-hybridized carbons (Fsp3) is 0.818. The van der Waals surface area contributed by atoms with E-state index >= 15 is 0 Å². The predicted molar refractivity (Wildman–Crippen MR) is 67.4 cm³/mol. The van der Waals surface area contributed by atoms with Gasteiger partial charge in [0.1, 0.15) is 0 Å². The Balaban J connectivity index is 2.57. The van der Waals surface area contributed by atoms with Crippen molar-refractivity contribution < 1.29 is 14.9 Å². The predicted octanol–water partition coefficient (Wildman–Crippen LogP) is -0.984. The Labute approximate surface area is 103 Å². The smallest absolute Gasteiger partial charge is 0.294 e. The Hall–Kier alpha value is -0.395. The van der Waals surface area contributed by atoms with E-state index < -0.39 is 6.10 Å². The molecular formula is C11H22BN2O3. The van der Waals surface area contributed by atoms with Gasteiger partial charge in [0.15, 0.2) is 0 Å². The first-order valence-electron chi connectivity index (χ1n) is 6.08. The Kier molecular flexibility index (Phi) is 6.76. The number of allylic oxidation sites excluding steroid dienone is 1. The Morgan fingerprint density at radius 2 is 2.24 bits per heavy atom. The summed E-state index contributed by atoms with van der Waals surface area (Å²) in [6, 6.07) is 0. The molecule has 17 heavy (non-hydrogen) atoms. The molecule has 0 aromatic carbocycles. The van der Waals surface area contributed by atoms with Crippen LogP contribution in [0.3, 0.4) is 0 Å². The summed E-state index contributed by atoms with van der Waals surface area (Å²) in [7, 11) is 1.11. The molecule has 0 aromatic rings. The van der Waals surface area contributed by atoms with Gasteiger partial charge < -0.3 is 26.3 Å². The van der Waals surface area contributed by atoms with Crippen molar-refractivity contribution in [2.75, 3.05) is 19.7 Å². The first-order valence-corrected chi connectivity index (χ1v) is 6.08. The fourth-order valence-electron chi connectivity index (χ4n) is 2.15. The number of hydrogen-bond acceptors (Lipinski definition) is 5. The second kappa shape index (κ2) is 7.84. The summed E-state index contributed by atoms with van der Waals surface area (Å²) in [6.45, 7) is 1.33. The van der Waals surface area contributed by atoms with Crippen LogP contribution in [0, 0.1) is 5.92 Å². The van der Waals surface area contributed by atoms with Crippen molar-refractivity contribution >= 4 is 7.48 Å². The minimum atomic E-state index is -0.617. The number of aliphatic hydroxyl groups is 1. The van der Waals surface area contributed by atoms with E-state index in [0.29, 0.717) is 19.6 Å². The van der Waals surface area contributed by atoms with E-state index in [4.69, 9.17) is 16.2 Å². The van der Waals surface area contributed by atoms with E-state index in [-0.39, 0.29) is 24.4 Å². The van der Waals surface area contributed by atoms with Crippen molar-refractivity contribution in [3.63, 3.8) is 0 Å². The number of rotatable bonds is 7. The van der Waals surface area contributed by atoms with Crippen molar-refractivity contribution in [2.24, 2.45) is 17.4 Å². The van der Waals surface area contributed by atoms with Crippen molar-refractivity contribution in [3.05, 3.63) is 12.2 Å². The summed E-state index contributed by atoms with van der Waals surface area (Å²) < 4.78 is 5.64. The summed E-state index contributed by atoms with van der Waals surface area (Å²) in [4.78, 5) is 0. The van der Waals surface area contributed by atoms with Crippen molar-refractivity contribution in [1.29, 1.82) is 0 Å². The first-order chi connectivity index (χ1) is 8.24. The summed E-state index contributed by atoms with van der Waals surface area (Å²) >= 11 is 0. The fourth-order valence-corrected chi connectivity index (χ4v) is 2.15. The molecule has 1 rings (SSSR count). The lowest BCUT2D eigenvalue weighted by molar-refractivity contribution is 0.0287. The highest BCUT2D eigenvalue weighted by atomic mass is 16.5. The minimum absolute atomic E-state index is 0.0853. The minimum Gasteiger partial charge on any atom is -0.454 e. The lowest BCUT2D eigenvalue weighted by Crippen LogP contribution is -2.40. The maximum absolute atomic E-state index is 9.81. The zero-order valence-electron chi connectivity index (χ0n) is 10.0. The van der Waals surface area contributed by atoms with Crippen molar-refractivity contribution in [1.82, 2.24) is 0 Å². The van der Waals surface area contributed by atoms with Crippen LogP contribution in [0.2, 0.25) is 5.82 Å². The normalized spacial score (nSPS) is 30.2. The molecule has 0 spiro atoms. The number of nitrogens with two attached hydrogens (primary N) is 2. The van der Waals surface area contributed by atoms with Crippen LogP contribution < -0.4 is 11.5 Å². The van der Waals surface area contributed by atoms with E-state index in [1.165, 1.54) is 0 Å². The Bertz CT molecular complexity index is 241. The van der Waals surface area contributed by atoms with Crippen LogP contribution in [0.1, 0.15) is 12.8 Å². The van der Waals surface area contributed by atoms with Gasteiger partial charge in [-0.2, -0.15) is 0 Å². The lowest BCUT2D eigenvalue weighted by Gasteiger charge is -2.35. The van der Waals surface area contributed by atoms with Gasteiger partial charge in [-0.15, -0.1) is 0 Å². The highest BCUT2D eigenvalue weighted by molar-refractivity contribution is 6.28. The summed E-state index contributed by atoms with van der Waals surface area (Å²) in [5, 5.41) is 19.1. The van der Waals surface area contributed by atoms with E-state index in [1.807, 2.05) is 12.2 Å². The zero-order valence-corrected chi connectivity index (χ0v) is 10.0. The van der Waals surface area contributed by atoms with Crippen LogP contribution in [0.4, 0.5) is 0 Å². The van der Waals surface area contributed by atoms with Gasteiger partial charge in [0.2, 0.25) is 0 Å². The Morgan fingerprint density at radius 1 is 1.47 bits per heavy atom. The topological polar surface area (TPSA) is 102 Å². The molecule has 4 atom stereocenters. The van der Waals surface area contributed by atoms with Crippen molar-refractivity contribution in [2.45, 2.75) is 30.9 Å². The lowest BCUT2D eigenvalue weighted by atomic mass is 9.63. The van der Waals surface area contributed by atoms with Crippen LogP contribution in [-0.2, 0) is 4.74 Å². The van der Waals surface area contributed by atoms with Crippen LogP contribution in [0.15, 0.2) is 12.2 Å². The molecule has 5 nitrogen and oxygen atoms in total. The van der Waals surface area contributed by atoms with Gasteiger partial charge in [0, 0.05) is 13.2 Å². The van der Waals surface area contributed by atoms with Gasteiger partial charge in [-0.1, -0.05) is 12.2 Å². The molecule has 0 saturated carbocycles. The molecule has 6 N–H and O–H groups in total. The maximum atomic E-state index is 9.81. The molecule has 0 amide bonds. The molecule has 0 fully saturated rings. The molecule has 1 aliphatic carbocycles. The van der Waals surface area contributed by atoms with Gasteiger partial charge in [0.05, 0.1) is 12.2 Å². The molecule has 0 bridgehead atoms.